The van der Waals surface area contributed by atoms with Crippen LogP contribution in [0.25, 0.3) is 0 Å². The fraction of sp³-hybridized carbons (Fsp3) is 0.873. The highest BCUT2D eigenvalue weighted by molar-refractivity contribution is 5.70. The summed E-state index contributed by atoms with van der Waals surface area (Å²) in [6.45, 7) is 4.77. The Labute approximate surface area is 496 Å². The van der Waals surface area contributed by atoms with Gasteiger partial charge in [0.25, 0.3) is 0 Å². The SMILES string of the molecule is CCCCCC/C=C\C/C=C\CCCCCCCCCC(=O)OC(COC(=O)CCCCCCCCCCCCCCCCCCCCCCCCCCC/C=C\CCCCCCCCCC)COC(OCC[N+](C)(C)C)C(=O)[O-]. The largest absolute Gasteiger partial charge is 0.545 e. The second kappa shape index (κ2) is 62.6. The molecule has 2 unspecified atom stereocenters. The predicted octanol–water partition coefficient (Wildman–Crippen LogP) is 19.9. The zero-order valence-corrected chi connectivity index (χ0v) is 53.7. The average molecular weight is 1130 g/mol. The van der Waals surface area contributed by atoms with E-state index >= 15 is 0 Å². The van der Waals surface area contributed by atoms with Crippen molar-refractivity contribution < 1.29 is 42.9 Å². The molecule has 0 radical (unpaired) electrons. The third-order valence-electron chi connectivity index (χ3n) is 15.6. The fourth-order valence-electron chi connectivity index (χ4n) is 10.3. The first-order valence-electron chi connectivity index (χ1n) is 34.6. The number of rotatable bonds is 65. The predicted molar refractivity (Wildman–Crippen MR) is 339 cm³/mol. The molecular formula is C71H133NO8. The standard InChI is InChI=1S/C71H133NO8/c1-6-8-10-12-14-16-18-20-22-24-26-27-28-29-30-31-32-33-34-35-36-37-38-39-40-41-42-43-44-46-47-49-51-53-55-57-59-61-68(73)78-65-67(66-79-71(70(75)76)77-64-63-72(3,4)5)80-69(74)62-60-58-56-54-52-50-48-45-25-23-21-19-17-15-13-11-9-7-2/h17,19,23-26,67,71H,6-16,18,20-22,27-66H2,1-5H3/b19-17-,25-23-,26-24-. The van der Waals surface area contributed by atoms with Crippen LogP contribution >= 0.6 is 0 Å². The highest BCUT2D eigenvalue weighted by Crippen LogP contribution is 2.18. The molecule has 0 spiro atoms. The van der Waals surface area contributed by atoms with Crippen LogP contribution in [0.2, 0.25) is 0 Å². The van der Waals surface area contributed by atoms with Crippen LogP contribution in [-0.2, 0) is 33.3 Å². The lowest BCUT2D eigenvalue weighted by Gasteiger charge is -2.26. The van der Waals surface area contributed by atoms with Gasteiger partial charge in [0.15, 0.2) is 12.4 Å². The smallest absolute Gasteiger partial charge is 0.306 e. The summed E-state index contributed by atoms with van der Waals surface area (Å²) in [6.07, 6.45) is 75.3. The number of allylic oxidation sites excluding steroid dienone is 6. The molecule has 9 heteroatoms. The van der Waals surface area contributed by atoms with Crippen LogP contribution in [0.4, 0.5) is 0 Å². The number of esters is 2. The summed E-state index contributed by atoms with van der Waals surface area (Å²) in [7, 11) is 5.93. The highest BCUT2D eigenvalue weighted by atomic mass is 16.7. The van der Waals surface area contributed by atoms with Gasteiger partial charge in [-0.15, -0.1) is 0 Å². The molecule has 0 saturated heterocycles. The van der Waals surface area contributed by atoms with E-state index in [1.807, 2.05) is 21.1 Å². The first-order chi connectivity index (χ1) is 39.1. The zero-order chi connectivity index (χ0) is 58.3. The van der Waals surface area contributed by atoms with Crippen molar-refractivity contribution in [2.75, 3.05) is 47.5 Å². The number of nitrogens with zero attached hydrogens (tertiary/aromatic N) is 1. The van der Waals surface area contributed by atoms with Gasteiger partial charge in [-0.1, -0.05) is 294 Å². The van der Waals surface area contributed by atoms with Gasteiger partial charge in [-0.3, -0.25) is 9.59 Å². The number of carboxylic acid groups (broad SMARTS) is 1. The minimum Gasteiger partial charge on any atom is -0.545 e. The number of carbonyl (C=O) groups is 3. The van der Waals surface area contributed by atoms with Crippen molar-refractivity contribution in [3.63, 3.8) is 0 Å². The van der Waals surface area contributed by atoms with Crippen molar-refractivity contribution in [3.05, 3.63) is 36.5 Å². The van der Waals surface area contributed by atoms with Gasteiger partial charge in [0, 0.05) is 12.8 Å². The molecule has 80 heavy (non-hydrogen) atoms. The minimum atomic E-state index is -1.62. The van der Waals surface area contributed by atoms with Crippen molar-refractivity contribution in [1.29, 1.82) is 0 Å². The average Bonchev–Trinajstić information content (AvgIpc) is 3.43. The van der Waals surface area contributed by atoms with Gasteiger partial charge in [0.2, 0.25) is 0 Å². The van der Waals surface area contributed by atoms with Gasteiger partial charge in [0.05, 0.1) is 40.3 Å². The van der Waals surface area contributed by atoms with Crippen LogP contribution in [0.1, 0.15) is 341 Å². The van der Waals surface area contributed by atoms with Gasteiger partial charge >= 0.3 is 11.9 Å². The summed E-state index contributed by atoms with van der Waals surface area (Å²) in [5.74, 6) is -2.27. The molecule has 0 aliphatic carbocycles. The van der Waals surface area contributed by atoms with E-state index in [1.54, 1.807) is 0 Å². The molecule has 0 rings (SSSR count). The Hall–Kier alpha value is -2.49. The Kier molecular flexibility index (Phi) is 60.6. The third-order valence-corrected chi connectivity index (χ3v) is 15.6. The lowest BCUT2D eigenvalue weighted by atomic mass is 10.0. The number of quaternary nitrogens is 1. The second-order valence-electron chi connectivity index (χ2n) is 24.8. The van der Waals surface area contributed by atoms with E-state index in [9.17, 15) is 19.5 Å². The molecule has 0 heterocycles. The molecule has 0 aliphatic heterocycles. The Morgan fingerprint density at radius 1 is 0.375 bits per heavy atom. The molecule has 0 aromatic heterocycles. The maximum absolute atomic E-state index is 12.9. The number of hydrogen-bond donors (Lipinski definition) is 0. The molecule has 0 N–H and O–H groups in total. The molecular weight excluding hydrogens is 995 g/mol. The van der Waals surface area contributed by atoms with Crippen molar-refractivity contribution in [2.45, 2.75) is 354 Å². The summed E-state index contributed by atoms with van der Waals surface area (Å²) in [5.41, 5.74) is 0. The number of unbranched alkanes of at least 4 members (excludes halogenated alkanes) is 44. The first kappa shape index (κ1) is 77.5. The lowest BCUT2D eigenvalue weighted by Crippen LogP contribution is -2.44. The van der Waals surface area contributed by atoms with Crippen molar-refractivity contribution in [3.8, 4) is 0 Å². The molecule has 0 bridgehead atoms. The van der Waals surface area contributed by atoms with Gasteiger partial charge in [-0.05, 0) is 70.6 Å². The Balaban J connectivity index is 3.97. The topological polar surface area (TPSA) is 111 Å². The van der Waals surface area contributed by atoms with Crippen molar-refractivity contribution in [1.82, 2.24) is 0 Å². The fourth-order valence-corrected chi connectivity index (χ4v) is 10.3. The van der Waals surface area contributed by atoms with Crippen molar-refractivity contribution in [2.24, 2.45) is 0 Å². The Morgan fingerprint density at radius 3 is 1.01 bits per heavy atom. The van der Waals surface area contributed by atoms with Crippen LogP contribution in [0, 0.1) is 0 Å². The van der Waals surface area contributed by atoms with E-state index in [2.05, 4.69) is 50.3 Å². The number of hydrogen-bond acceptors (Lipinski definition) is 8. The molecule has 0 saturated carbocycles. The van der Waals surface area contributed by atoms with Crippen LogP contribution in [0.15, 0.2) is 36.5 Å². The number of likely N-dealkylation sites (N-methyl/N-ethyl adjacent to an activating group) is 1. The Morgan fingerprint density at radius 2 is 0.675 bits per heavy atom. The summed E-state index contributed by atoms with van der Waals surface area (Å²) >= 11 is 0. The van der Waals surface area contributed by atoms with Gasteiger partial charge in [-0.25, -0.2) is 0 Å². The molecule has 0 aromatic rings. The van der Waals surface area contributed by atoms with E-state index in [1.165, 1.54) is 257 Å². The molecule has 9 nitrogen and oxygen atoms in total. The Bertz CT molecular complexity index is 1410. The van der Waals surface area contributed by atoms with Crippen LogP contribution in [-0.4, -0.2) is 82.3 Å². The molecule has 0 fully saturated rings. The first-order valence-corrected chi connectivity index (χ1v) is 34.6. The van der Waals surface area contributed by atoms with E-state index in [0.717, 1.165) is 51.4 Å². The molecule has 2 atom stereocenters. The van der Waals surface area contributed by atoms with Gasteiger partial charge in [-0.2, -0.15) is 0 Å². The van der Waals surface area contributed by atoms with Gasteiger partial charge in [0.1, 0.15) is 13.2 Å². The van der Waals surface area contributed by atoms with Crippen LogP contribution < -0.4 is 5.11 Å². The second-order valence-corrected chi connectivity index (χ2v) is 24.8. The van der Waals surface area contributed by atoms with Crippen LogP contribution in [0.5, 0.6) is 0 Å². The van der Waals surface area contributed by atoms with E-state index in [0.29, 0.717) is 23.9 Å². The van der Waals surface area contributed by atoms with E-state index < -0.39 is 24.3 Å². The number of aliphatic carboxylic acids is 1. The number of carboxylic acids is 1. The summed E-state index contributed by atoms with van der Waals surface area (Å²) < 4.78 is 22.8. The summed E-state index contributed by atoms with van der Waals surface area (Å²) in [5, 5.41) is 11.8. The monoisotopic (exact) mass is 1130 g/mol. The quantitative estimate of drug-likeness (QED) is 0.0195. The van der Waals surface area contributed by atoms with Gasteiger partial charge < -0.3 is 33.3 Å². The summed E-state index contributed by atoms with van der Waals surface area (Å²) in [6, 6.07) is 0. The molecule has 0 aromatic carbocycles. The molecule has 0 aliphatic rings. The number of ether oxygens (including phenoxy) is 4. The minimum absolute atomic E-state index is 0.148. The van der Waals surface area contributed by atoms with Crippen LogP contribution in [0.3, 0.4) is 0 Å². The summed E-state index contributed by atoms with van der Waals surface area (Å²) in [4.78, 5) is 37.4. The lowest BCUT2D eigenvalue weighted by molar-refractivity contribution is -0.870. The highest BCUT2D eigenvalue weighted by Gasteiger charge is 2.22. The van der Waals surface area contributed by atoms with E-state index in [-0.39, 0.29) is 32.2 Å². The maximum Gasteiger partial charge on any atom is 0.306 e. The zero-order valence-electron chi connectivity index (χ0n) is 53.7. The third kappa shape index (κ3) is 63.1. The molecule has 0 amide bonds. The number of carbonyl (C=O) groups excluding carboxylic acids is 3. The normalized spacial score (nSPS) is 12.9. The van der Waals surface area contributed by atoms with E-state index in [4.69, 9.17) is 18.9 Å². The van der Waals surface area contributed by atoms with Crippen molar-refractivity contribution >= 4 is 17.9 Å². The maximum atomic E-state index is 12.9. The molecule has 470 valence electrons.